The highest BCUT2D eigenvalue weighted by molar-refractivity contribution is 5.95. The van der Waals surface area contributed by atoms with Gasteiger partial charge in [-0.25, -0.2) is 0 Å². The molecule has 1 aromatic rings. The van der Waals surface area contributed by atoms with Gasteiger partial charge in [0.05, 0.1) is 17.8 Å². The van der Waals surface area contributed by atoms with Crippen LogP contribution in [0.4, 0.5) is 0 Å². The number of pyridine rings is 1. The third-order valence-electron chi connectivity index (χ3n) is 3.20. The molecule has 0 saturated heterocycles. The van der Waals surface area contributed by atoms with Crippen molar-refractivity contribution in [2.24, 2.45) is 5.92 Å². The van der Waals surface area contributed by atoms with E-state index in [0.717, 1.165) is 17.9 Å². The molecule has 1 aromatic heterocycles. The second-order valence-corrected chi connectivity index (χ2v) is 4.92. The summed E-state index contributed by atoms with van der Waals surface area (Å²) in [4.78, 5) is 18.5. The first-order valence-electron chi connectivity index (χ1n) is 6.29. The van der Waals surface area contributed by atoms with Gasteiger partial charge < -0.3 is 4.90 Å². The number of nitrogens with zero attached hydrogens (tertiary/aromatic N) is 2. The fourth-order valence-corrected chi connectivity index (χ4v) is 2.02. The van der Waals surface area contributed by atoms with Gasteiger partial charge in [-0.05, 0) is 44.7 Å². The van der Waals surface area contributed by atoms with Crippen LogP contribution < -0.4 is 0 Å². The zero-order valence-electron chi connectivity index (χ0n) is 10.9. The molecule has 0 radical (unpaired) electrons. The lowest BCUT2D eigenvalue weighted by atomic mass is 10.1. The Morgan fingerprint density at radius 1 is 1.50 bits per heavy atom. The summed E-state index contributed by atoms with van der Waals surface area (Å²) in [7, 11) is 0. The maximum absolute atomic E-state index is 12.4. The van der Waals surface area contributed by atoms with Crippen LogP contribution in [0.2, 0.25) is 0 Å². The Labute approximate surface area is 108 Å². The van der Waals surface area contributed by atoms with Crippen molar-refractivity contribution in [1.29, 1.82) is 0 Å². The molecule has 2 rings (SSSR count). The highest BCUT2D eigenvalue weighted by atomic mass is 16.2. The first-order chi connectivity index (χ1) is 8.61. The molecule has 0 N–H and O–H groups in total. The Bertz CT molecular complexity index is 498. The molecule has 0 bridgehead atoms. The van der Waals surface area contributed by atoms with Crippen LogP contribution in [0.25, 0.3) is 0 Å². The van der Waals surface area contributed by atoms with Crippen molar-refractivity contribution < 1.29 is 4.79 Å². The first kappa shape index (κ1) is 12.6. The van der Waals surface area contributed by atoms with E-state index in [9.17, 15) is 4.79 Å². The van der Waals surface area contributed by atoms with Crippen LogP contribution in [-0.2, 0) is 0 Å². The van der Waals surface area contributed by atoms with E-state index in [4.69, 9.17) is 6.42 Å². The lowest BCUT2D eigenvalue weighted by Gasteiger charge is -2.20. The quantitative estimate of drug-likeness (QED) is 0.758. The van der Waals surface area contributed by atoms with E-state index in [1.807, 2.05) is 26.0 Å². The summed E-state index contributed by atoms with van der Waals surface area (Å²) in [6.07, 6.45) is 7.76. The molecular weight excluding hydrogens is 224 g/mol. The SMILES string of the molecule is C#CCN(CC1CC1)C(=O)c1ccc(C)nc1C. The Kier molecular flexibility index (Phi) is 3.66. The van der Waals surface area contributed by atoms with Gasteiger partial charge in [0.25, 0.3) is 5.91 Å². The van der Waals surface area contributed by atoms with E-state index in [2.05, 4.69) is 10.9 Å². The molecule has 3 heteroatoms. The molecule has 0 unspecified atom stereocenters. The number of carbonyl (C=O) groups is 1. The van der Waals surface area contributed by atoms with Crippen LogP contribution in [0, 0.1) is 32.1 Å². The average molecular weight is 242 g/mol. The molecule has 1 heterocycles. The van der Waals surface area contributed by atoms with Gasteiger partial charge in [0.1, 0.15) is 0 Å². The van der Waals surface area contributed by atoms with Gasteiger partial charge in [-0.2, -0.15) is 0 Å². The lowest BCUT2D eigenvalue weighted by Crippen LogP contribution is -2.33. The lowest BCUT2D eigenvalue weighted by molar-refractivity contribution is 0.0768. The van der Waals surface area contributed by atoms with Crippen LogP contribution in [-0.4, -0.2) is 28.9 Å². The minimum atomic E-state index is 0.00449. The number of amides is 1. The fourth-order valence-electron chi connectivity index (χ4n) is 2.02. The van der Waals surface area contributed by atoms with Crippen molar-refractivity contribution in [2.75, 3.05) is 13.1 Å². The number of aryl methyl sites for hydroxylation is 2. The summed E-state index contributed by atoms with van der Waals surface area (Å²) in [6.45, 7) is 4.94. The van der Waals surface area contributed by atoms with Crippen molar-refractivity contribution in [3.8, 4) is 12.3 Å². The van der Waals surface area contributed by atoms with E-state index in [-0.39, 0.29) is 5.91 Å². The Morgan fingerprint density at radius 2 is 2.22 bits per heavy atom. The molecule has 0 spiro atoms. The highest BCUT2D eigenvalue weighted by Crippen LogP contribution is 2.30. The third kappa shape index (κ3) is 2.89. The van der Waals surface area contributed by atoms with Gasteiger partial charge in [-0.15, -0.1) is 6.42 Å². The van der Waals surface area contributed by atoms with E-state index in [1.165, 1.54) is 12.8 Å². The van der Waals surface area contributed by atoms with Crippen LogP contribution in [0.1, 0.15) is 34.6 Å². The Morgan fingerprint density at radius 3 is 2.78 bits per heavy atom. The van der Waals surface area contributed by atoms with Crippen LogP contribution in [0.3, 0.4) is 0 Å². The maximum Gasteiger partial charge on any atom is 0.256 e. The second-order valence-electron chi connectivity index (χ2n) is 4.92. The zero-order chi connectivity index (χ0) is 13.1. The van der Waals surface area contributed by atoms with Gasteiger partial charge in [-0.1, -0.05) is 5.92 Å². The minimum absolute atomic E-state index is 0.00449. The topological polar surface area (TPSA) is 33.2 Å². The monoisotopic (exact) mass is 242 g/mol. The molecule has 3 nitrogen and oxygen atoms in total. The number of hydrogen-bond donors (Lipinski definition) is 0. The predicted molar refractivity (Wildman–Crippen MR) is 71.2 cm³/mol. The average Bonchev–Trinajstić information content (AvgIpc) is 3.11. The Hall–Kier alpha value is -1.82. The summed E-state index contributed by atoms with van der Waals surface area (Å²) in [5.41, 5.74) is 2.36. The molecule has 1 amide bonds. The van der Waals surface area contributed by atoms with E-state index < -0.39 is 0 Å². The van der Waals surface area contributed by atoms with Gasteiger partial charge in [0, 0.05) is 12.2 Å². The molecule has 0 aromatic carbocycles. The normalized spacial score (nSPS) is 14.1. The molecule has 1 aliphatic rings. The van der Waals surface area contributed by atoms with Crippen LogP contribution in [0.15, 0.2) is 12.1 Å². The molecule has 1 fully saturated rings. The molecule has 1 aliphatic carbocycles. The van der Waals surface area contributed by atoms with E-state index >= 15 is 0 Å². The van der Waals surface area contributed by atoms with E-state index in [1.54, 1.807) is 4.90 Å². The molecule has 1 saturated carbocycles. The highest BCUT2D eigenvalue weighted by Gasteiger charge is 2.27. The summed E-state index contributed by atoms with van der Waals surface area (Å²) in [6, 6.07) is 3.71. The molecule has 0 aliphatic heterocycles. The molecule has 0 atom stereocenters. The summed E-state index contributed by atoms with van der Waals surface area (Å²) >= 11 is 0. The van der Waals surface area contributed by atoms with Crippen LogP contribution in [0.5, 0.6) is 0 Å². The predicted octanol–water partition coefficient (Wildman–Crippen LogP) is 2.18. The van der Waals surface area contributed by atoms with E-state index in [0.29, 0.717) is 18.0 Å². The number of aromatic nitrogens is 1. The second kappa shape index (κ2) is 5.22. The largest absolute Gasteiger partial charge is 0.327 e. The fraction of sp³-hybridized carbons (Fsp3) is 0.467. The molecule has 18 heavy (non-hydrogen) atoms. The van der Waals surface area contributed by atoms with Gasteiger partial charge in [-0.3, -0.25) is 9.78 Å². The maximum atomic E-state index is 12.4. The van der Waals surface area contributed by atoms with Crippen molar-refractivity contribution in [3.63, 3.8) is 0 Å². The molecular formula is C15H18N2O. The molecule has 94 valence electrons. The smallest absolute Gasteiger partial charge is 0.256 e. The standard InChI is InChI=1S/C15H18N2O/c1-4-9-17(10-13-6-7-13)15(18)14-8-5-11(2)16-12(14)3/h1,5,8,13H,6-7,9-10H2,2-3H3. The minimum Gasteiger partial charge on any atom is -0.327 e. The van der Waals surface area contributed by atoms with Crippen molar-refractivity contribution in [3.05, 3.63) is 29.1 Å². The van der Waals surface area contributed by atoms with Crippen molar-refractivity contribution in [1.82, 2.24) is 9.88 Å². The van der Waals surface area contributed by atoms with Gasteiger partial charge >= 0.3 is 0 Å². The summed E-state index contributed by atoms with van der Waals surface area (Å²) in [5.74, 6) is 3.21. The number of carbonyl (C=O) groups excluding carboxylic acids is 1. The van der Waals surface area contributed by atoms with Crippen molar-refractivity contribution in [2.45, 2.75) is 26.7 Å². The third-order valence-corrected chi connectivity index (χ3v) is 3.20. The zero-order valence-corrected chi connectivity index (χ0v) is 10.9. The van der Waals surface area contributed by atoms with Gasteiger partial charge in [0.2, 0.25) is 0 Å². The van der Waals surface area contributed by atoms with Gasteiger partial charge in [0.15, 0.2) is 0 Å². The van der Waals surface area contributed by atoms with Crippen molar-refractivity contribution >= 4 is 5.91 Å². The first-order valence-corrected chi connectivity index (χ1v) is 6.29. The number of rotatable bonds is 4. The van der Waals surface area contributed by atoms with Crippen LogP contribution >= 0.6 is 0 Å². The summed E-state index contributed by atoms with van der Waals surface area (Å²) < 4.78 is 0. The summed E-state index contributed by atoms with van der Waals surface area (Å²) in [5, 5.41) is 0. The Balaban J connectivity index is 2.18. The number of terminal acetylenes is 1. The number of hydrogen-bond acceptors (Lipinski definition) is 2.